The summed E-state index contributed by atoms with van der Waals surface area (Å²) in [7, 11) is 0. The number of aliphatic hydroxyl groups is 1. The van der Waals surface area contributed by atoms with Crippen molar-refractivity contribution in [2.75, 3.05) is 6.54 Å². The van der Waals surface area contributed by atoms with Gasteiger partial charge >= 0.3 is 6.18 Å². The van der Waals surface area contributed by atoms with E-state index in [0.29, 0.717) is 6.42 Å². The Labute approximate surface area is 111 Å². The molecule has 2 nitrogen and oxygen atoms in total. The Morgan fingerprint density at radius 1 is 1.16 bits per heavy atom. The van der Waals surface area contributed by atoms with Crippen molar-refractivity contribution in [2.24, 2.45) is 0 Å². The van der Waals surface area contributed by atoms with Crippen LogP contribution in [0.1, 0.15) is 25.8 Å². The zero-order valence-electron chi connectivity index (χ0n) is 11.2. The molecular formula is C14H20F3NO. The van der Waals surface area contributed by atoms with Crippen LogP contribution in [0.15, 0.2) is 30.3 Å². The van der Waals surface area contributed by atoms with Crippen molar-refractivity contribution in [3.63, 3.8) is 0 Å². The van der Waals surface area contributed by atoms with Crippen molar-refractivity contribution in [1.82, 2.24) is 5.32 Å². The first kappa shape index (κ1) is 16.0. The maximum atomic E-state index is 12.2. The molecule has 0 spiro atoms. The van der Waals surface area contributed by atoms with Gasteiger partial charge in [0.1, 0.15) is 0 Å². The second kappa shape index (κ2) is 6.39. The Morgan fingerprint density at radius 3 is 2.26 bits per heavy atom. The van der Waals surface area contributed by atoms with E-state index in [1.54, 1.807) is 0 Å². The maximum Gasteiger partial charge on any atom is 0.415 e. The lowest BCUT2D eigenvalue weighted by Gasteiger charge is -2.28. The van der Waals surface area contributed by atoms with Crippen molar-refractivity contribution >= 4 is 0 Å². The molecule has 0 fully saturated rings. The summed E-state index contributed by atoms with van der Waals surface area (Å²) >= 11 is 0. The Hall–Kier alpha value is -1.07. The zero-order valence-corrected chi connectivity index (χ0v) is 11.2. The van der Waals surface area contributed by atoms with Gasteiger partial charge in [-0.25, -0.2) is 0 Å². The van der Waals surface area contributed by atoms with Crippen LogP contribution >= 0.6 is 0 Å². The minimum atomic E-state index is -4.57. The molecule has 0 radical (unpaired) electrons. The predicted octanol–water partition coefficient (Wildman–Crippen LogP) is 2.91. The summed E-state index contributed by atoms with van der Waals surface area (Å²) in [5.41, 5.74) is 0.691. The van der Waals surface area contributed by atoms with Crippen LogP contribution in [0, 0.1) is 0 Å². The van der Waals surface area contributed by atoms with E-state index in [1.807, 2.05) is 44.2 Å². The summed E-state index contributed by atoms with van der Waals surface area (Å²) in [6.45, 7) is 3.18. The van der Waals surface area contributed by atoms with Crippen LogP contribution in [-0.2, 0) is 6.42 Å². The summed E-state index contributed by atoms with van der Waals surface area (Å²) in [5, 5.41) is 11.7. The van der Waals surface area contributed by atoms with Gasteiger partial charge in [-0.1, -0.05) is 30.3 Å². The Balaban J connectivity index is 2.40. The third kappa shape index (κ3) is 6.07. The van der Waals surface area contributed by atoms with E-state index >= 15 is 0 Å². The van der Waals surface area contributed by atoms with Crippen molar-refractivity contribution in [1.29, 1.82) is 0 Å². The lowest BCUT2D eigenvalue weighted by Crippen LogP contribution is -2.47. The number of halogens is 3. The third-order valence-electron chi connectivity index (χ3n) is 3.03. The Kier molecular flexibility index (Phi) is 5.38. The van der Waals surface area contributed by atoms with E-state index in [-0.39, 0.29) is 0 Å². The van der Waals surface area contributed by atoms with Crippen LogP contribution in [0.3, 0.4) is 0 Å². The molecule has 0 heterocycles. The van der Waals surface area contributed by atoms with Crippen molar-refractivity contribution < 1.29 is 18.3 Å². The lowest BCUT2D eigenvalue weighted by molar-refractivity contribution is -0.202. The highest BCUT2D eigenvalue weighted by Gasteiger charge is 2.38. The summed E-state index contributed by atoms with van der Waals surface area (Å²) < 4.78 is 36.6. The van der Waals surface area contributed by atoms with Gasteiger partial charge in [-0.3, -0.25) is 0 Å². The number of benzene rings is 1. The number of aryl methyl sites for hydroxylation is 1. The molecule has 0 amide bonds. The summed E-state index contributed by atoms with van der Waals surface area (Å²) in [5.74, 6) is 0. The van der Waals surface area contributed by atoms with Crippen LogP contribution in [-0.4, -0.2) is 29.5 Å². The molecule has 1 unspecified atom stereocenters. The quantitative estimate of drug-likeness (QED) is 0.836. The average Bonchev–Trinajstić information content (AvgIpc) is 2.34. The molecule has 1 atom stereocenters. The number of nitrogens with one attached hydrogen (secondary N) is 1. The van der Waals surface area contributed by atoms with Crippen molar-refractivity contribution in [2.45, 2.75) is 44.5 Å². The van der Waals surface area contributed by atoms with E-state index in [4.69, 9.17) is 5.11 Å². The van der Waals surface area contributed by atoms with Gasteiger partial charge < -0.3 is 10.4 Å². The van der Waals surface area contributed by atoms with E-state index in [9.17, 15) is 13.2 Å². The maximum absolute atomic E-state index is 12.2. The molecule has 0 saturated carbocycles. The van der Waals surface area contributed by atoms with Crippen LogP contribution < -0.4 is 5.32 Å². The van der Waals surface area contributed by atoms with Gasteiger partial charge in [-0.2, -0.15) is 13.2 Å². The van der Waals surface area contributed by atoms with E-state index < -0.39 is 24.4 Å². The van der Waals surface area contributed by atoms with Crippen LogP contribution in [0.2, 0.25) is 0 Å². The summed E-state index contributed by atoms with van der Waals surface area (Å²) in [4.78, 5) is 0. The van der Waals surface area contributed by atoms with Crippen LogP contribution in [0.5, 0.6) is 0 Å². The molecule has 2 N–H and O–H groups in total. The molecule has 0 aliphatic carbocycles. The van der Waals surface area contributed by atoms with Crippen LogP contribution in [0.4, 0.5) is 13.2 Å². The van der Waals surface area contributed by atoms with Gasteiger partial charge in [-0.15, -0.1) is 0 Å². The Morgan fingerprint density at radius 2 is 1.74 bits per heavy atom. The minimum absolute atomic E-state index is 0.456. The lowest BCUT2D eigenvalue weighted by atomic mass is 9.95. The molecule has 19 heavy (non-hydrogen) atoms. The largest absolute Gasteiger partial charge is 0.415 e. The van der Waals surface area contributed by atoms with Gasteiger partial charge in [0.2, 0.25) is 0 Å². The molecule has 0 aliphatic rings. The number of hydrogen-bond acceptors (Lipinski definition) is 2. The van der Waals surface area contributed by atoms with E-state index in [1.165, 1.54) is 0 Å². The van der Waals surface area contributed by atoms with Gasteiger partial charge in [-0.05, 0) is 32.3 Å². The monoisotopic (exact) mass is 275 g/mol. The molecule has 1 aromatic carbocycles. The highest BCUT2D eigenvalue weighted by molar-refractivity contribution is 5.15. The first-order valence-corrected chi connectivity index (χ1v) is 6.24. The second-order valence-electron chi connectivity index (χ2n) is 5.31. The fourth-order valence-corrected chi connectivity index (χ4v) is 1.68. The first-order valence-electron chi connectivity index (χ1n) is 6.24. The van der Waals surface area contributed by atoms with E-state index in [2.05, 4.69) is 5.32 Å². The normalized spacial score (nSPS) is 14.4. The number of alkyl halides is 3. The van der Waals surface area contributed by atoms with Gasteiger partial charge in [0.25, 0.3) is 0 Å². The zero-order chi connectivity index (χ0) is 14.5. The number of β-amino-alcohol motifs (C(OH)–C–C–N with tert-alkyl or cyclic N) is 1. The van der Waals surface area contributed by atoms with Crippen LogP contribution in [0.25, 0.3) is 0 Å². The molecule has 0 bridgehead atoms. The van der Waals surface area contributed by atoms with Crippen molar-refractivity contribution in [3.8, 4) is 0 Å². The summed E-state index contributed by atoms with van der Waals surface area (Å²) in [6, 6.07) is 9.76. The van der Waals surface area contributed by atoms with Gasteiger partial charge in [0.05, 0.1) is 0 Å². The van der Waals surface area contributed by atoms with Gasteiger partial charge in [0.15, 0.2) is 6.10 Å². The fraction of sp³-hybridized carbons (Fsp3) is 0.571. The molecule has 1 aromatic rings. The SMILES string of the molecule is CC(C)(CCc1ccccc1)NCC(O)C(F)(F)F. The molecule has 0 saturated heterocycles. The topological polar surface area (TPSA) is 32.3 Å². The number of aliphatic hydroxyl groups excluding tert-OH is 1. The van der Waals surface area contributed by atoms with Crippen molar-refractivity contribution in [3.05, 3.63) is 35.9 Å². The standard InChI is InChI=1S/C14H20F3NO/c1-13(2,18-10-12(19)14(15,16)17)9-8-11-6-4-3-5-7-11/h3-7,12,18-19H,8-10H2,1-2H3. The predicted molar refractivity (Wildman–Crippen MR) is 68.9 cm³/mol. The fourth-order valence-electron chi connectivity index (χ4n) is 1.68. The third-order valence-corrected chi connectivity index (χ3v) is 3.03. The smallest absolute Gasteiger partial charge is 0.382 e. The Bertz CT molecular complexity index is 376. The molecular weight excluding hydrogens is 255 g/mol. The van der Waals surface area contributed by atoms with Gasteiger partial charge in [0, 0.05) is 12.1 Å². The summed E-state index contributed by atoms with van der Waals surface area (Å²) in [6.07, 6.45) is -5.41. The molecule has 108 valence electrons. The molecule has 0 aliphatic heterocycles. The molecule has 0 aromatic heterocycles. The minimum Gasteiger partial charge on any atom is -0.382 e. The number of hydrogen-bond donors (Lipinski definition) is 2. The highest BCUT2D eigenvalue weighted by atomic mass is 19.4. The average molecular weight is 275 g/mol. The molecule has 1 rings (SSSR count). The first-order chi connectivity index (χ1) is 8.71. The number of rotatable bonds is 6. The van der Waals surface area contributed by atoms with E-state index in [0.717, 1.165) is 12.0 Å². The highest BCUT2D eigenvalue weighted by Crippen LogP contribution is 2.20. The molecule has 5 heteroatoms. The second-order valence-corrected chi connectivity index (χ2v) is 5.31.